The summed E-state index contributed by atoms with van der Waals surface area (Å²) in [5.74, 6) is -0.242. The van der Waals surface area contributed by atoms with Gasteiger partial charge in [0.1, 0.15) is 30.3 Å². The molecule has 1 aliphatic heterocycles. The molecule has 13 heteroatoms. The summed E-state index contributed by atoms with van der Waals surface area (Å²) >= 11 is 0. The first kappa shape index (κ1) is 25.6. The van der Waals surface area contributed by atoms with E-state index in [0.29, 0.717) is 40.3 Å². The zero-order valence-electron chi connectivity index (χ0n) is 19.2. The standard InChI is InChI=1S/C23H23F4N5O3S/c1-2-14-8-16(32-36(34)6-3-7-36)10-18-21(14)22(30-13-29-18)31-17-5-4-15(24)9-19(17)35-11-20(33)28-12-23(25,26)27/h4-5,8-10,13H,2-3,6-7,11-12H2,1H3,(H,28,33)(H,29,30,31). The maximum Gasteiger partial charge on any atom is 0.405 e. The lowest BCUT2D eigenvalue weighted by atomic mass is 10.1. The second kappa shape index (κ2) is 10.2. The summed E-state index contributed by atoms with van der Waals surface area (Å²) in [6.07, 6.45) is -1.76. The van der Waals surface area contributed by atoms with Gasteiger partial charge in [0, 0.05) is 23.0 Å². The van der Waals surface area contributed by atoms with E-state index in [4.69, 9.17) is 4.74 Å². The molecule has 2 N–H and O–H groups in total. The highest BCUT2D eigenvalue weighted by Gasteiger charge is 2.27. The Morgan fingerprint density at radius 1 is 1.19 bits per heavy atom. The van der Waals surface area contributed by atoms with Gasteiger partial charge in [-0.25, -0.2) is 18.6 Å². The molecule has 2 heterocycles. The fourth-order valence-electron chi connectivity index (χ4n) is 3.60. The molecule has 1 fully saturated rings. The van der Waals surface area contributed by atoms with Crippen molar-refractivity contribution in [2.24, 2.45) is 4.36 Å². The van der Waals surface area contributed by atoms with Crippen molar-refractivity contribution >= 4 is 43.7 Å². The lowest BCUT2D eigenvalue weighted by Gasteiger charge is -2.18. The molecule has 0 saturated carbocycles. The molecule has 0 aliphatic carbocycles. The molecule has 192 valence electrons. The Kier molecular flexibility index (Phi) is 7.29. The molecule has 1 saturated heterocycles. The Morgan fingerprint density at radius 3 is 2.64 bits per heavy atom. The van der Waals surface area contributed by atoms with Crippen LogP contribution in [-0.2, 0) is 20.9 Å². The fourth-order valence-corrected chi connectivity index (χ4v) is 5.05. The van der Waals surface area contributed by atoms with Crippen LogP contribution in [0.2, 0.25) is 0 Å². The van der Waals surface area contributed by atoms with Crippen molar-refractivity contribution in [2.45, 2.75) is 25.9 Å². The lowest BCUT2D eigenvalue weighted by Crippen LogP contribution is -2.36. The third kappa shape index (κ3) is 6.20. The molecular formula is C23H23F4N5O3S. The first-order valence-electron chi connectivity index (χ1n) is 11.1. The van der Waals surface area contributed by atoms with Gasteiger partial charge >= 0.3 is 6.18 Å². The van der Waals surface area contributed by atoms with E-state index in [1.165, 1.54) is 12.4 Å². The summed E-state index contributed by atoms with van der Waals surface area (Å²) < 4.78 is 73.1. The van der Waals surface area contributed by atoms with Gasteiger partial charge in [-0.05, 0) is 42.7 Å². The molecule has 8 nitrogen and oxygen atoms in total. The van der Waals surface area contributed by atoms with Crippen LogP contribution in [-0.4, -0.2) is 50.9 Å². The minimum Gasteiger partial charge on any atom is -0.481 e. The molecule has 2 aromatic carbocycles. The van der Waals surface area contributed by atoms with Gasteiger partial charge in [-0.2, -0.15) is 17.5 Å². The van der Waals surface area contributed by atoms with Gasteiger partial charge in [0.15, 0.2) is 6.61 Å². The number of hydrogen-bond donors (Lipinski definition) is 2. The van der Waals surface area contributed by atoms with Gasteiger partial charge in [-0.1, -0.05) is 6.92 Å². The second-order valence-corrected chi connectivity index (χ2v) is 10.7. The van der Waals surface area contributed by atoms with Crippen molar-refractivity contribution in [1.82, 2.24) is 15.3 Å². The minimum absolute atomic E-state index is 0.0875. The zero-order valence-corrected chi connectivity index (χ0v) is 20.0. The van der Waals surface area contributed by atoms with E-state index in [2.05, 4.69) is 19.6 Å². The third-order valence-corrected chi connectivity index (χ3v) is 7.82. The average molecular weight is 526 g/mol. The van der Waals surface area contributed by atoms with Crippen LogP contribution in [0.25, 0.3) is 10.9 Å². The van der Waals surface area contributed by atoms with Gasteiger partial charge in [-0.15, -0.1) is 0 Å². The largest absolute Gasteiger partial charge is 0.481 e. The van der Waals surface area contributed by atoms with Crippen molar-refractivity contribution in [3.8, 4) is 5.75 Å². The maximum atomic E-state index is 13.9. The summed E-state index contributed by atoms with van der Waals surface area (Å²) in [6, 6.07) is 7.08. The SMILES string of the molecule is CCc1cc(N=S2(=O)CCC2)cc2ncnc(Nc3ccc(F)cc3OCC(=O)NCC(F)(F)F)c12. The molecule has 0 unspecified atom stereocenters. The molecule has 0 radical (unpaired) electrons. The third-order valence-electron chi connectivity index (χ3n) is 5.43. The molecule has 0 bridgehead atoms. The number of aromatic nitrogens is 2. The summed E-state index contributed by atoms with van der Waals surface area (Å²) in [5, 5.41) is 5.41. The van der Waals surface area contributed by atoms with Gasteiger partial charge in [-0.3, -0.25) is 4.79 Å². The number of alkyl halides is 3. The number of nitrogens with one attached hydrogen (secondary N) is 2. The number of ether oxygens (including phenoxy) is 1. The topological polar surface area (TPSA) is 106 Å². The van der Waals surface area contributed by atoms with Crippen molar-refractivity contribution < 1.29 is 31.3 Å². The number of hydrogen-bond acceptors (Lipinski definition) is 7. The van der Waals surface area contributed by atoms with Crippen LogP contribution in [0.3, 0.4) is 0 Å². The number of benzene rings is 2. The predicted molar refractivity (Wildman–Crippen MR) is 128 cm³/mol. The van der Waals surface area contributed by atoms with Crippen molar-refractivity contribution in [3.63, 3.8) is 0 Å². The number of amides is 1. The highest BCUT2D eigenvalue weighted by atomic mass is 32.2. The van der Waals surface area contributed by atoms with E-state index in [1.807, 2.05) is 13.0 Å². The Bertz CT molecular complexity index is 1410. The van der Waals surface area contributed by atoms with Crippen LogP contribution < -0.4 is 15.4 Å². The van der Waals surface area contributed by atoms with Crippen LogP contribution in [0.5, 0.6) is 5.75 Å². The number of nitrogens with zero attached hydrogens (tertiary/aromatic N) is 3. The van der Waals surface area contributed by atoms with Crippen molar-refractivity contribution in [3.05, 3.63) is 48.0 Å². The van der Waals surface area contributed by atoms with E-state index in [0.717, 1.165) is 24.1 Å². The monoisotopic (exact) mass is 525 g/mol. The van der Waals surface area contributed by atoms with Crippen LogP contribution in [0.15, 0.2) is 41.0 Å². The fraction of sp³-hybridized carbons (Fsp3) is 0.348. The number of fused-ring (bicyclic) bond motifs is 1. The number of anilines is 2. The van der Waals surface area contributed by atoms with Gasteiger partial charge in [0.2, 0.25) is 0 Å². The first-order chi connectivity index (χ1) is 17.0. The van der Waals surface area contributed by atoms with E-state index in [-0.39, 0.29) is 11.4 Å². The normalized spacial score (nSPS) is 14.7. The number of carbonyl (C=O) groups excluding carboxylic acids is 1. The molecule has 3 aromatic rings. The molecule has 0 atom stereocenters. The van der Waals surface area contributed by atoms with Crippen molar-refractivity contribution in [1.29, 1.82) is 0 Å². The Morgan fingerprint density at radius 2 is 1.97 bits per heavy atom. The summed E-state index contributed by atoms with van der Waals surface area (Å²) in [4.78, 5) is 20.4. The maximum absolute atomic E-state index is 13.9. The summed E-state index contributed by atoms with van der Waals surface area (Å²) in [7, 11) is -2.21. The Hall–Kier alpha value is -3.48. The van der Waals surface area contributed by atoms with Gasteiger partial charge in [0.25, 0.3) is 5.91 Å². The van der Waals surface area contributed by atoms with Crippen LogP contribution in [0.1, 0.15) is 18.9 Å². The second-order valence-electron chi connectivity index (χ2n) is 8.15. The molecule has 1 aliphatic rings. The predicted octanol–water partition coefficient (Wildman–Crippen LogP) is 4.64. The van der Waals surface area contributed by atoms with Gasteiger partial charge in [0.05, 0.1) is 26.6 Å². The Labute approximate surface area is 204 Å². The molecular weight excluding hydrogens is 502 g/mol. The number of aryl methyl sites for hydroxylation is 1. The summed E-state index contributed by atoms with van der Waals surface area (Å²) in [5.41, 5.74) is 2.22. The molecule has 0 spiro atoms. The molecule has 4 rings (SSSR count). The van der Waals surface area contributed by atoms with E-state index in [1.54, 1.807) is 11.4 Å². The number of rotatable bonds is 8. The quantitative estimate of drug-likeness (QED) is 0.416. The Balaban J connectivity index is 1.62. The van der Waals surface area contributed by atoms with Crippen LogP contribution >= 0.6 is 0 Å². The molecule has 36 heavy (non-hydrogen) atoms. The smallest absolute Gasteiger partial charge is 0.405 e. The molecule has 1 amide bonds. The van der Waals surface area contributed by atoms with Crippen LogP contribution in [0, 0.1) is 5.82 Å². The van der Waals surface area contributed by atoms with Crippen LogP contribution in [0.4, 0.5) is 34.8 Å². The lowest BCUT2D eigenvalue weighted by molar-refractivity contribution is -0.139. The molecule has 1 aromatic heterocycles. The van der Waals surface area contributed by atoms with E-state index >= 15 is 0 Å². The van der Waals surface area contributed by atoms with E-state index in [9.17, 15) is 26.6 Å². The van der Waals surface area contributed by atoms with Gasteiger partial charge < -0.3 is 15.4 Å². The first-order valence-corrected chi connectivity index (χ1v) is 12.9. The zero-order chi connectivity index (χ0) is 25.9. The number of carbonyl (C=O) groups is 1. The number of halogens is 4. The summed E-state index contributed by atoms with van der Waals surface area (Å²) in [6.45, 7) is -0.313. The van der Waals surface area contributed by atoms with E-state index < -0.39 is 40.8 Å². The minimum atomic E-state index is -4.56. The highest BCUT2D eigenvalue weighted by molar-refractivity contribution is 7.95. The highest BCUT2D eigenvalue weighted by Crippen LogP contribution is 2.35. The average Bonchev–Trinajstić information content (AvgIpc) is 2.80. The van der Waals surface area contributed by atoms with Crippen molar-refractivity contribution in [2.75, 3.05) is 30.0 Å².